The Morgan fingerprint density at radius 1 is 1.35 bits per heavy atom. The van der Waals surface area contributed by atoms with E-state index in [1.54, 1.807) is 11.5 Å². The number of rotatable bonds is 1. The van der Waals surface area contributed by atoms with Crippen molar-refractivity contribution in [2.24, 2.45) is 0 Å². The second-order valence-electron chi connectivity index (χ2n) is 4.01. The van der Waals surface area contributed by atoms with Crippen molar-refractivity contribution in [1.29, 1.82) is 0 Å². The minimum atomic E-state index is -2.08. The van der Waals surface area contributed by atoms with Gasteiger partial charge in [-0.2, -0.15) is 4.37 Å². The zero-order chi connectivity index (χ0) is 13.7. The van der Waals surface area contributed by atoms with E-state index in [-0.39, 0.29) is 29.6 Å². The number of anilines is 1. The van der Waals surface area contributed by atoms with Gasteiger partial charge in [0.15, 0.2) is 0 Å². The van der Waals surface area contributed by atoms with Crippen LogP contribution < -0.4 is 44.9 Å². The fraction of sp³-hybridized carbons (Fsp3) is 0.333. The summed E-state index contributed by atoms with van der Waals surface area (Å²) in [6, 6.07) is 8.46. The first kappa shape index (κ1) is 17.2. The SMILES string of the molecule is O=C([O-])O.[Na+].c1ccc2c(N3CCNCC3)nsc2c1. The summed E-state index contributed by atoms with van der Waals surface area (Å²) >= 11 is 1.60. The molecule has 2 heterocycles. The van der Waals surface area contributed by atoms with Crippen molar-refractivity contribution in [3.63, 3.8) is 0 Å². The fourth-order valence-electron chi connectivity index (χ4n) is 1.98. The van der Waals surface area contributed by atoms with Gasteiger partial charge in [0.1, 0.15) is 5.82 Å². The normalized spacial score (nSPS) is 14.1. The smallest absolute Gasteiger partial charge is 0.565 e. The average Bonchev–Trinajstić information content (AvgIpc) is 2.83. The molecule has 1 fully saturated rings. The van der Waals surface area contributed by atoms with E-state index in [9.17, 15) is 0 Å². The molecular formula is C12H14N3NaO3S. The van der Waals surface area contributed by atoms with E-state index in [1.807, 2.05) is 0 Å². The molecule has 102 valence electrons. The molecule has 2 N–H and O–H groups in total. The predicted octanol–water partition coefficient (Wildman–Crippen LogP) is -2.40. The summed E-state index contributed by atoms with van der Waals surface area (Å²) in [5.74, 6) is 1.16. The summed E-state index contributed by atoms with van der Waals surface area (Å²) in [6.45, 7) is 4.25. The van der Waals surface area contributed by atoms with Crippen LogP contribution in [-0.4, -0.2) is 41.8 Å². The van der Waals surface area contributed by atoms with Gasteiger partial charge in [0.25, 0.3) is 0 Å². The molecule has 1 saturated heterocycles. The Morgan fingerprint density at radius 2 is 1.95 bits per heavy atom. The molecule has 3 rings (SSSR count). The summed E-state index contributed by atoms with van der Waals surface area (Å²) in [6.07, 6.45) is -2.08. The third-order valence-electron chi connectivity index (χ3n) is 2.77. The number of fused-ring (bicyclic) bond motifs is 1. The van der Waals surface area contributed by atoms with Crippen LogP contribution in [0.3, 0.4) is 0 Å². The Kier molecular flexibility index (Phi) is 7.25. The first-order valence-electron chi connectivity index (χ1n) is 5.88. The molecule has 1 aliphatic heterocycles. The van der Waals surface area contributed by atoms with Gasteiger partial charge in [-0.3, -0.25) is 0 Å². The van der Waals surface area contributed by atoms with Crippen molar-refractivity contribution < 1.29 is 44.6 Å². The Labute approximate surface area is 142 Å². The van der Waals surface area contributed by atoms with Gasteiger partial charge >= 0.3 is 29.6 Å². The van der Waals surface area contributed by atoms with Crippen molar-refractivity contribution in [1.82, 2.24) is 9.69 Å². The van der Waals surface area contributed by atoms with Crippen LogP contribution in [0.1, 0.15) is 0 Å². The van der Waals surface area contributed by atoms with Gasteiger partial charge in [0.05, 0.1) is 4.70 Å². The summed E-state index contributed by atoms with van der Waals surface area (Å²) in [5, 5.41) is 20.0. The van der Waals surface area contributed by atoms with E-state index < -0.39 is 6.16 Å². The molecule has 8 heteroatoms. The molecule has 1 aromatic heterocycles. The van der Waals surface area contributed by atoms with Gasteiger partial charge in [-0.15, -0.1) is 0 Å². The number of carboxylic acid groups (broad SMARTS) is 2. The first-order chi connectivity index (χ1) is 9.18. The third kappa shape index (κ3) is 4.60. The van der Waals surface area contributed by atoms with Crippen molar-refractivity contribution in [3.8, 4) is 0 Å². The van der Waals surface area contributed by atoms with Gasteiger partial charge in [-0.25, -0.2) is 0 Å². The maximum absolute atomic E-state index is 8.44. The molecule has 2 aromatic rings. The second-order valence-corrected chi connectivity index (χ2v) is 4.81. The number of piperazine rings is 1. The summed E-state index contributed by atoms with van der Waals surface area (Å²) in [5.41, 5.74) is 0. The maximum Gasteiger partial charge on any atom is 1.00 e. The average molecular weight is 303 g/mol. The van der Waals surface area contributed by atoms with E-state index in [1.165, 1.54) is 10.1 Å². The molecule has 1 aromatic carbocycles. The van der Waals surface area contributed by atoms with Gasteiger partial charge in [-0.05, 0) is 23.7 Å². The molecule has 0 radical (unpaired) electrons. The maximum atomic E-state index is 8.44. The van der Waals surface area contributed by atoms with Crippen molar-refractivity contribution in [3.05, 3.63) is 24.3 Å². The molecule has 0 aliphatic carbocycles. The van der Waals surface area contributed by atoms with Crippen molar-refractivity contribution in [2.75, 3.05) is 31.1 Å². The number of hydrogen-bond acceptors (Lipinski definition) is 6. The Morgan fingerprint density at radius 3 is 2.60 bits per heavy atom. The zero-order valence-electron chi connectivity index (χ0n) is 11.2. The molecule has 0 spiro atoms. The van der Waals surface area contributed by atoms with Gasteiger partial charge in [0, 0.05) is 31.6 Å². The van der Waals surface area contributed by atoms with Crippen LogP contribution in [0.25, 0.3) is 10.1 Å². The second kappa shape index (κ2) is 8.43. The van der Waals surface area contributed by atoms with E-state index in [2.05, 4.69) is 38.9 Å². The van der Waals surface area contributed by atoms with Crippen LogP contribution in [0.5, 0.6) is 0 Å². The Balaban J connectivity index is 0.000000359. The molecule has 0 bridgehead atoms. The number of hydrogen-bond donors (Lipinski definition) is 2. The van der Waals surface area contributed by atoms with Crippen LogP contribution in [0, 0.1) is 0 Å². The standard InChI is InChI=1S/C11H13N3S.CH2O3.Na/c1-2-4-10-9(3-1)11(13-15-10)14-7-5-12-6-8-14;2-1(3)4;/h1-4,12H,5-8H2;(H2,2,3,4);/q;;+1/p-1. The summed E-state index contributed by atoms with van der Waals surface area (Å²) in [7, 11) is 0. The van der Waals surface area contributed by atoms with E-state index in [0.717, 1.165) is 32.0 Å². The molecule has 0 atom stereocenters. The number of carbonyl (C=O) groups is 1. The molecular weight excluding hydrogens is 289 g/mol. The molecule has 1 aliphatic rings. The van der Waals surface area contributed by atoms with Crippen LogP contribution in [0.4, 0.5) is 10.6 Å². The van der Waals surface area contributed by atoms with Gasteiger partial charge < -0.3 is 25.2 Å². The van der Waals surface area contributed by atoms with E-state index >= 15 is 0 Å². The van der Waals surface area contributed by atoms with Crippen LogP contribution in [-0.2, 0) is 0 Å². The fourth-order valence-corrected chi connectivity index (χ4v) is 2.77. The molecule has 6 nitrogen and oxygen atoms in total. The molecule has 20 heavy (non-hydrogen) atoms. The number of nitrogens with zero attached hydrogens (tertiary/aromatic N) is 2. The number of aromatic nitrogens is 1. The van der Waals surface area contributed by atoms with E-state index in [0.29, 0.717) is 0 Å². The summed E-state index contributed by atoms with van der Waals surface area (Å²) < 4.78 is 5.84. The molecule has 0 saturated carbocycles. The van der Waals surface area contributed by atoms with Crippen molar-refractivity contribution >= 4 is 33.6 Å². The van der Waals surface area contributed by atoms with Crippen molar-refractivity contribution in [2.45, 2.75) is 0 Å². The minimum Gasteiger partial charge on any atom is -0.565 e. The monoisotopic (exact) mass is 303 g/mol. The van der Waals surface area contributed by atoms with Crippen LogP contribution >= 0.6 is 11.5 Å². The molecule has 0 unspecified atom stereocenters. The number of benzene rings is 1. The summed E-state index contributed by atoms with van der Waals surface area (Å²) in [4.78, 5) is 10.8. The quantitative estimate of drug-likeness (QED) is 0.571. The minimum absolute atomic E-state index is 0. The Bertz CT molecular complexity index is 554. The van der Waals surface area contributed by atoms with Gasteiger partial charge in [0.2, 0.25) is 6.16 Å². The third-order valence-corrected chi connectivity index (χ3v) is 3.59. The molecule has 0 amide bonds. The first-order valence-corrected chi connectivity index (χ1v) is 6.66. The van der Waals surface area contributed by atoms with Crippen LogP contribution in [0.15, 0.2) is 24.3 Å². The predicted molar refractivity (Wildman–Crippen MR) is 72.7 cm³/mol. The van der Waals surface area contributed by atoms with Crippen LogP contribution in [0.2, 0.25) is 0 Å². The van der Waals surface area contributed by atoms with Gasteiger partial charge in [-0.1, -0.05) is 12.1 Å². The Hall–Kier alpha value is -0.860. The largest absolute Gasteiger partial charge is 1.00 e. The zero-order valence-corrected chi connectivity index (χ0v) is 14.0. The topological polar surface area (TPSA) is 88.5 Å². The van der Waals surface area contributed by atoms with E-state index in [4.69, 9.17) is 15.0 Å². The number of nitrogens with one attached hydrogen (secondary N) is 1.